The molecule has 0 atom stereocenters. The van der Waals surface area contributed by atoms with Gasteiger partial charge in [-0.1, -0.05) is 0 Å². The van der Waals surface area contributed by atoms with E-state index in [0.29, 0.717) is 0 Å². The molecule has 0 aromatic carbocycles. The summed E-state index contributed by atoms with van der Waals surface area (Å²) in [6.07, 6.45) is -1.65. The van der Waals surface area contributed by atoms with E-state index in [1.807, 2.05) is 0 Å². The van der Waals surface area contributed by atoms with E-state index < -0.39 is 23.5 Å². The molecule has 0 saturated carbocycles. The molecule has 1 rings (SSSR count). The first-order valence-corrected chi connectivity index (χ1v) is 4.19. The van der Waals surface area contributed by atoms with Gasteiger partial charge in [0, 0.05) is 18.4 Å². The lowest BCUT2D eigenvalue weighted by atomic mass is 10.0. The average Bonchev–Trinajstić information content (AvgIpc) is 2.16. The quantitative estimate of drug-likeness (QED) is 0.802. The van der Waals surface area contributed by atoms with Crippen molar-refractivity contribution >= 4 is 5.97 Å². The lowest BCUT2D eigenvalue weighted by molar-refractivity contribution is 0.0682. The molecule has 6 heteroatoms. The molecule has 0 fully saturated rings. The molecule has 1 aromatic rings. The Morgan fingerprint density at radius 3 is 2.67 bits per heavy atom. The monoisotopic (exact) mass is 216 g/mol. The molecule has 0 radical (unpaired) electrons. The predicted octanol–water partition coefficient (Wildman–Crippen LogP) is 1.48. The van der Waals surface area contributed by atoms with E-state index >= 15 is 0 Å². The number of nitrogens with zero attached hydrogens (tertiary/aromatic N) is 1. The van der Waals surface area contributed by atoms with Crippen LogP contribution >= 0.6 is 0 Å². The Hall–Kier alpha value is -1.56. The molecule has 1 aromatic heterocycles. The number of pyridine rings is 1. The van der Waals surface area contributed by atoms with Gasteiger partial charge in [-0.05, 0) is 12.5 Å². The Kier molecular flexibility index (Phi) is 3.31. The highest BCUT2D eigenvalue weighted by molar-refractivity contribution is 5.91. The SMILES string of the molecule is Cc1ncc(CN)c(C(=O)O)c1C(F)F. The maximum Gasteiger partial charge on any atom is 0.336 e. The van der Waals surface area contributed by atoms with E-state index in [1.54, 1.807) is 0 Å². The van der Waals surface area contributed by atoms with E-state index in [9.17, 15) is 13.6 Å². The Morgan fingerprint density at radius 1 is 1.67 bits per heavy atom. The number of carbonyl (C=O) groups is 1. The van der Waals surface area contributed by atoms with Crippen LogP contribution in [0, 0.1) is 6.92 Å². The smallest absolute Gasteiger partial charge is 0.336 e. The third kappa shape index (κ3) is 2.10. The third-order valence-corrected chi connectivity index (χ3v) is 2.05. The van der Waals surface area contributed by atoms with Gasteiger partial charge in [0.15, 0.2) is 0 Å². The second-order valence-electron chi connectivity index (χ2n) is 2.97. The molecule has 0 bridgehead atoms. The van der Waals surface area contributed by atoms with Gasteiger partial charge in [-0.15, -0.1) is 0 Å². The van der Waals surface area contributed by atoms with Crippen LogP contribution in [0.1, 0.15) is 33.6 Å². The number of carboxylic acids is 1. The fraction of sp³-hybridized carbons (Fsp3) is 0.333. The number of aryl methyl sites for hydroxylation is 1. The Bertz CT molecular complexity index is 394. The summed E-state index contributed by atoms with van der Waals surface area (Å²) in [7, 11) is 0. The van der Waals surface area contributed by atoms with Crippen LogP contribution in [0.5, 0.6) is 0 Å². The lowest BCUT2D eigenvalue weighted by Gasteiger charge is -2.11. The van der Waals surface area contributed by atoms with Crippen molar-refractivity contribution in [3.05, 3.63) is 28.6 Å². The zero-order valence-electron chi connectivity index (χ0n) is 8.00. The van der Waals surface area contributed by atoms with Crippen LogP contribution in [-0.2, 0) is 6.54 Å². The standard InChI is InChI=1S/C9H10F2N2O2/c1-4-6(8(10)11)7(9(14)15)5(2-12)3-13-4/h3,8H,2,12H2,1H3,(H,14,15). The zero-order chi connectivity index (χ0) is 11.6. The van der Waals surface area contributed by atoms with Gasteiger partial charge in [0.1, 0.15) is 0 Å². The number of aromatic carboxylic acids is 1. The van der Waals surface area contributed by atoms with Crippen molar-refractivity contribution in [1.29, 1.82) is 0 Å². The van der Waals surface area contributed by atoms with Gasteiger partial charge in [0.2, 0.25) is 0 Å². The van der Waals surface area contributed by atoms with E-state index in [1.165, 1.54) is 13.1 Å². The van der Waals surface area contributed by atoms with Crippen LogP contribution in [0.3, 0.4) is 0 Å². The zero-order valence-corrected chi connectivity index (χ0v) is 8.00. The van der Waals surface area contributed by atoms with Crippen LogP contribution in [0.15, 0.2) is 6.20 Å². The summed E-state index contributed by atoms with van der Waals surface area (Å²) in [6.45, 7) is 1.21. The number of carboxylic acid groups (broad SMARTS) is 1. The summed E-state index contributed by atoms with van der Waals surface area (Å²) >= 11 is 0. The fourth-order valence-corrected chi connectivity index (χ4v) is 1.34. The highest BCUT2D eigenvalue weighted by Crippen LogP contribution is 2.27. The van der Waals surface area contributed by atoms with Crippen molar-refractivity contribution in [2.75, 3.05) is 0 Å². The molecule has 82 valence electrons. The number of alkyl halides is 2. The summed E-state index contributed by atoms with van der Waals surface area (Å²) in [4.78, 5) is 14.5. The van der Waals surface area contributed by atoms with Crippen LogP contribution in [0.4, 0.5) is 8.78 Å². The van der Waals surface area contributed by atoms with Gasteiger partial charge >= 0.3 is 5.97 Å². The third-order valence-electron chi connectivity index (χ3n) is 2.05. The predicted molar refractivity (Wildman–Crippen MR) is 48.8 cm³/mol. The maximum absolute atomic E-state index is 12.6. The van der Waals surface area contributed by atoms with Crippen molar-refractivity contribution < 1.29 is 18.7 Å². The first-order chi connectivity index (χ1) is 6.99. The maximum atomic E-state index is 12.6. The van der Waals surface area contributed by atoms with Crippen molar-refractivity contribution in [3.8, 4) is 0 Å². The van der Waals surface area contributed by atoms with Crippen LogP contribution < -0.4 is 5.73 Å². The molecule has 0 unspecified atom stereocenters. The minimum atomic E-state index is -2.87. The lowest BCUT2D eigenvalue weighted by Crippen LogP contribution is -2.13. The summed E-state index contributed by atoms with van der Waals surface area (Å²) in [5, 5.41) is 8.83. The summed E-state index contributed by atoms with van der Waals surface area (Å²) in [5.74, 6) is -1.41. The normalized spacial score (nSPS) is 10.7. The van der Waals surface area contributed by atoms with Gasteiger partial charge in [0.05, 0.1) is 11.1 Å². The van der Waals surface area contributed by atoms with E-state index in [4.69, 9.17) is 10.8 Å². The molecular formula is C9H10F2N2O2. The molecule has 3 N–H and O–H groups in total. The fourth-order valence-electron chi connectivity index (χ4n) is 1.34. The summed E-state index contributed by atoms with van der Waals surface area (Å²) in [5.41, 5.74) is 4.41. The minimum absolute atomic E-state index is 0.0135. The first kappa shape index (κ1) is 11.5. The van der Waals surface area contributed by atoms with E-state index in [0.717, 1.165) is 0 Å². The van der Waals surface area contributed by atoms with Crippen LogP contribution in [0.2, 0.25) is 0 Å². The number of rotatable bonds is 3. The molecule has 0 aliphatic heterocycles. The number of aromatic nitrogens is 1. The minimum Gasteiger partial charge on any atom is -0.478 e. The van der Waals surface area contributed by atoms with E-state index in [-0.39, 0.29) is 17.8 Å². The van der Waals surface area contributed by atoms with Gasteiger partial charge in [-0.2, -0.15) is 0 Å². The molecular weight excluding hydrogens is 206 g/mol. The topological polar surface area (TPSA) is 76.2 Å². The molecule has 0 amide bonds. The largest absolute Gasteiger partial charge is 0.478 e. The molecule has 0 saturated heterocycles. The average molecular weight is 216 g/mol. The van der Waals surface area contributed by atoms with Gasteiger partial charge in [-0.25, -0.2) is 13.6 Å². The Balaban J connectivity index is 3.51. The number of nitrogens with two attached hydrogens (primary N) is 1. The van der Waals surface area contributed by atoms with Crippen molar-refractivity contribution in [1.82, 2.24) is 4.98 Å². The molecule has 1 heterocycles. The molecule has 0 aliphatic rings. The summed E-state index contributed by atoms with van der Waals surface area (Å²) < 4.78 is 25.2. The molecule has 0 aliphatic carbocycles. The van der Waals surface area contributed by atoms with Gasteiger partial charge < -0.3 is 10.8 Å². The Labute approximate surface area is 84.7 Å². The van der Waals surface area contributed by atoms with Gasteiger partial charge in [0.25, 0.3) is 6.43 Å². The molecule has 0 spiro atoms. The number of hydrogen-bond donors (Lipinski definition) is 2. The van der Waals surface area contributed by atoms with Crippen molar-refractivity contribution in [3.63, 3.8) is 0 Å². The van der Waals surface area contributed by atoms with Gasteiger partial charge in [-0.3, -0.25) is 4.98 Å². The van der Waals surface area contributed by atoms with E-state index in [2.05, 4.69) is 4.98 Å². The highest BCUT2D eigenvalue weighted by Gasteiger charge is 2.24. The second kappa shape index (κ2) is 4.31. The first-order valence-electron chi connectivity index (χ1n) is 4.19. The second-order valence-corrected chi connectivity index (χ2v) is 2.97. The molecule has 4 nitrogen and oxygen atoms in total. The molecule has 15 heavy (non-hydrogen) atoms. The van der Waals surface area contributed by atoms with Crippen molar-refractivity contribution in [2.24, 2.45) is 5.73 Å². The van der Waals surface area contributed by atoms with Crippen molar-refractivity contribution in [2.45, 2.75) is 19.9 Å². The number of halogens is 2. The Morgan fingerprint density at radius 2 is 2.27 bits per heavy atom. The highest BCUT2D eigenvalue weighted by atomic mass is 19.3. The summed E-state index contributed by atoms with van der Waals surface area (Å²) in [6, 6.07) is 0. The van der Waals surface area contributed by atoms with Crippen LogP contribution in [-0.4, -0.2) is 16.1 Å². The van der Waals surface area contributed by atoms with Crippen LogP contribution in [0.25, 0.3) is 0 Å². The number of hydrogen-bond acceptors (Lipinski definition) is 3.